The Morgan fingerprint density at radius 2 is 1.48 bits per heavy atom. The van der Waals surface area contributed by atoms with E-state index in [1.165, 1.54) is 12.1 Å². The van der Waals surface area contributed by atoms with Crippen molar-refractivity contribution in [1.29, 1.82) is 0 Å². The zero-order valence-electron chi connectivity index (χ0n) is 12.5. The summed E-state index contributed by atoms with van der Waals surface area (Å²) in [7, 11) is 0. The summed E-state index contributed by atoms with van der Waals surface area (Å²) in [6, 6.07) is 24.8. The van der Waals surface area contributed by atoms with E-state index in [0.29, 0.717) is 0 Å². The molecule has 1 heterocycles. The molecular weight excluding hydrogens is 287 g/mol. The van der Waals surface area contributed by atoms with Crippen molar-refractivity contribution in [3.05, 3.63) is 95.8 Å². The van der Waals surface area contributed by atoms with E-state index in [1.54, 1.807) is 12.1 Å². The third-order valence-corrected chi connectivity index (χ3v) is 3.97. The van der Waals surface area contributed by atoms with Gasteiger partial charge in [0.15, 0.2) is 0 Å². The monoisotopic (exact) mass is 302 g/mol. The molecule has 112 valence electrons. The lowest BCUT2D eigenvalue weighted by atomic mass is 10.1. The molecular formula is C20H15FN2. The van der Waals surface area contributed by atoms with Crippen LogP contribution in [0.15, 0.2) is 83.9 Å². The molecule has 3 aromatic carbocycles. The lowest BCUT2D eigenvalue weighted by Gasteiger charge is -2.30. The number of benzene rings is 3. The van der Waals surface area contributed by atoms with Gasteiger partial charge in [0.05, 0.1) is 12.2 Å². The number of anilines is 1. The molecule has 0 spiro atoms. The van der Waals surface area contributed by atoms with E-state index < -0.39 is 0 Å². The molecule has 1 aliphatic rings. The Labute approximate surface area is 134 Å². The van der Waals surface area contributed by atoms with Crippen molar-refractivity contribution in [3.63, 3.8) is 0 Å². The van der Waals surface area contributed by atoms with Gasteiger partial charge in [0.25, 0.3) is 0 Å². The summed E-state index contributed by atoms with van der Waals surface area (Å²) in [6.45, 7) is 0.718. The third kappa shape index (κ3) is 2.61. The average molecular weight is 302 g/mol. The third-order valence-electron chi connectivity index (χ3n) is 3.97. The van der Waals surface area contributed by atoms with Gasteiger partial charge in [-0.05, 0) is 35.9 Å². The minimum atomic E-state index is -0.232. The molecule has 2 nitrogen and oxygen atoms in total. The fraction of sp³-hybridized carbons (Fsp3) is 0.0500. The van der Waals surface area contributed by atoms with E-state index in [4.69, 9.17) is 4.99 Å². The van der Waals surface area contributed by atoms with Gasteiger partial charge in [0.1, 0.15) is 11.7 Å². The number of amidine groups is 1. The molecule has 0 amide bonds. The van der Waals surface area contributed by atoms with Crippen molar-refractivity contribution >= 4 is 17.2 Å². The van der Waals surface area contributed by atoms with Crippen molar-refractivity contribution in [2.45, 2.75) is 6.54 Å². The fourth-order valence-electron chi connectivity index (χ4n) is 2.82. The Hall–Kier alpha value is -2.94. The minimum absolute atomic E-state index is 0.232. The Balaban J connectivity index is 1.85. The van der Waals surface area contributed by atoms with E-state index in [1.807, 2.05) is 48.5 Å². The summed E-state index contributed by atoms with van der Waals surface area (Å²) < 4.78 is 13.3. The number of fused-ring (bicyclic) bond motifs is 1. The molecule has 3 aromatic rings. The molecule has 4 rings (SSSR count). The van der Waals surface area contributed by atoms with Gasteiger partial charge in [-0.25, -0.2) is 9.38 Å². The molecule has 0 N–H and O–H groups in total. The van der Waals surface area contributed by atoms with Crippen LogP contribution in [0.25, 0.3) is 0 Å². The largest absolute Gasteiger partial charge is 0.321 e. The second-order valence-electron chi connectivity index (χ2n) is 5.49. The summed E-state index contributed by atoms with van der Waals surface area (Å²) >= 11 is 0. The quantitative estimate of drug-likeness (QED) is 0.655. The van der Waals surface area contributed by atoms with Crippen LogP contribution in [0.5, 0.6) is 0 Å². The predicted octanol–water partition coefficient (Wildman–Crippen LogP) is 4.92. The van der Waals surface area contributed by atoms with Crippen molar-refractivity contribution < 1.29 is 4.39 Å². The zero-order valence-corrected chi connectivity index (χ0v) is 12.5. The van der Waals surface area contributed by atoms with Crippen LogP contribution >= 0.6 is 0 Å². The predicted molar refractivity (Wildman–Crippen MR) is 91.7 cm³/mol. The first-order chi connectivity index (χ1) is 11.3. The Morgan fingerprint density at radius 1 is 0.783 bits per heavy atom. The second-order valence-corrected chi connectivity index (χ2v) is 5.49. The Morgan fingerprint density at radius 3 is 2.26 bits per heavy atom. The Kier molecular flexibility index (Phi) is 3.39. The van der Waals surface area contributed by atoms with E-state index >= 15 is 0 Å². The van der Waals surface area contributed by atoms with E-state index in [2.05, 4.69) is 11.0 Å². The molecule has 0 bridgehead atoms. The summed E-state index contributed by atoms with van der Waals surface area (Å²) in [4.78, 5) is 6.97. The highest BCUT2D eigenvalue weighted by Gasteiger charge is 2.22. The van der Waals surface area contributed by atoms with Crippen LogP contribution in [0.1, 0.15) is 11.1 Å². The standard InChI is InChI=1S/C20H15FN2/c21-17-10-12-18(13-11-17)23-14-16-8-4-5-9-19(16)22-20(23)15-6-2-1-3-7-15/h1-13H,14H2. The maximum atomic E-state index is 13.3. The highest BCUT2D eigenvalue weighted by Crippen LogP contribution is 2.31. The van der Waals surface area contributed by atoms with Crippen LogP contribution in [0.3, 0.4) is 0 Å². The molecule has 0 saturated heterocycles. The fourth-order valence-corrected chi connectivity index (χ4v) is 2.82. The van der Waals surface area contributed by atoms with Crippen LogP contribution in [0, 0.1) is 5.82 Å². The van der Waals surface area contributed by atoms with Crippen molar-refractivity contribution in [2.75, 3.05) is 4.90 Å². The highest BCUT2D eigenvalue weighted by atomic mass is 19.1. The summed E-state index contributed by atoms with van der Waals surface area (Å²) in [6.07, 6.45) is 0. The summed E-state index contributed by atoms with van der Waals surface area (Å²) in [5, 5.41) is 0. The highest BCUT2D eigenvalue weighted by molar-refractivity contribution is 6.12. The van der Waals surface area contributed by atoms with Gasteiger partial charge in [-0.1, -0.05) is 48.5 Å². The van der Waals surface area contributed by atoms with E-state index in [9.17, 15) is 4.39 Å². The first kappa shape index (κ1) is 13.7. The van der Waals surface area contributed by atoms with E-state index in [0.717, 1.165) is 34.9 Å². The molecule has 0 fully saturated rings. The molecule has 23 heavy (non-hydrogen) atoms. The molecule has 0 unspecified atom stereocenters. The van der Waals surface area contributed by atoms with E-state index in [-0.39, 0.29) is 5.82 Å². The molecule has 3 heteroatoms. The molecule has 0 saturated carbocycles. The van der Waals surface area contributed by atoms with Crippen LogP contribution in [-0.2, 0) is 6.54 Å². The SMILES string of the molecule is Fc1ccc(N2Cc3ccccc3N=C2c2ccccc2)cc1. The van der Waals surface area contributed by atoms with Gasteiger partial charge in [0.2, 0.25) is 0 Å². The van der Waals surface area contributed by atoms with Gasteiger partial charge >= 0.3 is 0 Å². The molecule has 0 aliphatic carbocycles. The number of rotatable bonds is 2. The smallest absolute Gasteiger partial charge is 0.141 e. The molecule has 0 atom stereocenters. The van der Waals surface area contributed by atoms with Gasteiger partial charge in [-0.2, -0.15) is 0 Å². The van der Waals surface area contributed by atoms with Gasteiger partial charge in [-0.3, -0.25) is 0 Å². The van der Waals surface area contributed by atoms with Crippen LogP contribution in [-0.4, -0.2) is 5.84 Å². The summed E-state index contributed by atoms with van der Waals surface area (Å²) in [5.74, 6) is 0.653. The first-order valence-electron chi connectivity index (χ1n) is 7.56. The number of aliphatic imine (C=N–C) groups is 1. The van der Waals surface area contributed by atoms with Crippen molar-refractivity contribution in [3.8, 4) is 0 Å². The van der Waals surface area contributed by atoms with Crippen LogP contribution in [0.2, 0.25) is 0 Å². The normalized spacial score (nSPS) is 13.4. The number of nitrogens with zero attached hydrogens (tertiary/aromatic N) is 2. The number of hydrogen-bond acceptors (Lipinski definition) is 2. The van der Waals surface area contributed by atoms with Crippen LogP contribution in [0.4, 0.5) is 15.8 Å². The number of halogens is 1. The Bertz CT molecular complexity index is 854. The second kappa shape index (κ2) is 5.69. The lowest BCUT2D eigenvalue weighted by Crippen LogP contribution is -2.33. The van der Waals surface area contributed by atoms with Gasteiger partial charge < -0.3 is 4.90 Å². The van der Waals surface area contributed by atoms with Crippen molar-refractivity contribution in [1.82, 2.24) is 0 Å². The summed E-state index contributed by atoms with van der Waals surface area (Å²) in [5.41, 5.74) is 4.14. The molecule has 0 aromatic heterocycles. The molecule has 0 radical (unpaired) electrons. The average Bonchev–Trinajstić information content (AvgIpc) is 2.62. The van der Waals surface area contributed by atoms with Crippen molar-refractivity contribution in [2.24, 2.45) is 4.99 Å². The lowest BCUT2D eigenvalue weighted by molar-refractivity contribution is 0.628. The minimum Gasteiger partial charge on any atom is -0.321 e. The maximum Gasteiger partial charge on any atom is 0.141 e. The molecule has 1 aliphatic heterocycles. The number of hydrogen-bond donors (Lipinski definition) is 0. The van der Waals surface area contributed by atoms with Gasteiger partial charge in [-0.15, -0.1) is 0 Å². The number of para-hydroxylation sites is 1. The maximum absolute atomic E-state index is 13.3. The van der Waals surface area contributed by atoms with Crippen LogP contribution < -0.4 is 4.90 Å². The first-order valence-corrected chi connectivity index (χ1v) is 7.56. The van der Waals surface area contributed by atoms with Gasteiger partial charge in [0, 0.05) is 11.3 Å². The zero-order chi connectivity index (χ0) is 15.6. The topological polar surface area (TPSA) is 15.6 Å².